The van der Waals surface area contributed by atoms with E-state index in [1.54, 1.807) is 0 Å². The van der Waals surface area contributed by atoms with E-state index >= 15 is 0 Å². The lowest BCUT2D eigenvalue weighted by Crippen LogP contribution is -2.53. The van der Waals surface area contributed by atoms with E-state index in [1.165, 1.54) is 5.56 Å². The maximum absolute atomic E-state index is 13.5. The predicted molar refractivity (Wildman–Crippen MR) is 172 cm³/mol. The molecule has 1 aromatic carbocycles. The Morgan fingerprint density at radius 1 is 0.773 bits per heavy atom. The van der Waals surface area contributed by atoms with Gasteiger partial charge in [0.15, 0.2) is 12.6 Å². The van der Waals surface area contributed by atoms with Gasteiger partial charge >= 0.3 is 5.97 Å². The molecule has 3 heterocycles. The number of rotatable bonds is 11. The second-order valence-electron chi connectivity index (χ2n) is 14.8. The van der Waals surface area contributed by atoms with Crippen molar-refractivity contribution < 1.29 is 33.2 Å². The minimum atomic E-state index is -0.584. The molecule has 14 unspecified atom stereocenters. The molecule has 250 valence electrons. The summed E-state index contributed by atoms with van der Waals surface area (Å²) in [6, 6.07) is 10.5. The standard InChI is InChI=1S/C37H60O7/c1-11-37(10,18-17-22(2)30-15-13-12-14-16-30)36(38)44-35-29(9)26(6)32(21-41-35)43-34-28(8)25(5)31(20-40-34)42-33-27(7)24(4)23(3)19-39-33/h12-16,22-29,31-35H,11,17-21H2,1-10H3. The van der Waals surface area contributed by atoms with Crippen LogP contribution in [0.4, 0.5) is 0 Å². The Morgan fingerprint density at radius 3 is 1.84 bits per heavy atom. The van der Waals surface area contributed by atoms with E-state index in [1.807, 2.05) is 13.0 Å². The first kappa shape index (κ1) is 35.3. The zero-order valence-electron chi connectivity index (χ0n) is 29.0. The zero-order chi connectivity index (χ0) is 32.2. The normalized spacial score (nSPS) is 40.1. The number of carbonyl (C=O) groups is 1. The Morgan fingerprint density at radius 2 is 1.27 bits per heavy atom. The summed E-state index contributed by atoms with van der Waals surface area (Å²) >= 11 is 0. The van der Waals surface area contributed by atoms with Crippen molar-refractivity contribution in [3.8, 4) is 0 Å². The minimum absolute atomic E-state index is 0.0104. The molecular weight excluding hydrogens is 556 g/mol. The molecule has 0 radical (unpaired) electrons. The van der Waals surface area contributed by atoms with Gasteiger partial charge in [0.1, 0.15) is 0 Å². The molecule has 7 heteroatoms. The molecule has 3 saturated heterocycles. The molecule has 3 aliphatic rings. The lowest BCUT2D eigenvalue weighted by molar-refractivity contribution is -0.314. The number of benzene rings is 1. The maximum atomic E-state index is 13.5. The van der Waals surface area contributed by atoms with E-state index in [4.69, 9.17) is 28.4 Å². The van der Waals surface area contributed by atoms with Gasteiger partial charge in [-0.1, -0.05) is 92.6 Å². The summed E-state index contributed by atoms with van der Waals surface area (Å²) in [4.78, 5) is 13.5. The van der Waals surface area contributed by atoms with Crippen LogP contribution >= 0.6 is 0 Å². The SMILES string of the molecule is CCC(C)(CCC(C)c1ccccc1)C(=O)OC1OCC(OC2OCC(OC3OCC(C)C(C)C3C)C(C)C2C)C(C)C1C. The van der Waals surface area contributed by atoms with Crippen LogP contribution in [0, 0.1) is 46.8 Å². The molecule has 0 aliphatic carbocycles. The second kappa shape index (κ2) is 15.4. The monoisotopic (exact) mass is 616 g/mol. The van der Waals surface area contributed by atoms with E-state index in [9.17, 15) is 4.79 Å². The number of ether oxygens (including phenoxy) is 6. The van der Waals surface area contributed by atoms with Gasteiger partial charge in [0, 0.05) is 17.8 Å². The van der Waals surface area contributed by atoms with Crippen LogP contribution in [0.3, 0.4) is 0 Å². The minimum Gasteiger partial charge on any atom is -0.435 e. The molecule has 0 N–H and O–H groups in total. The van der Waals surface area contributed by atoms with Crippen molar-refractivity contribution in [2.45, 2.75) is 125 Å². The van der Waals surface area contributed by atoms with Crippen LogP contribution in [0.25, 0.3) is 0 Å². The van der Waals surface area contributed by atoms with Gasteiger partial charge in [0.2, 0.25) is 6.29 Å². The molecule has 3 fully saturated rings. The first-order chi connectivity index (χ1) is 20.9. The Bertz CT molecular complexity index is 1030. The van der Waals surface area contributed by atoms with Gasteiger partial charge in [-0.2, -0.15) is 0 Å². The molecule has 0 saturated carbocycles. The number of esters is 1. The molecule has 0 spiro atoms. The highest BCUT2D eigenvalue weighted by atomic mass is 16.7. The van der Waals surface area contributed by atoms with E-state index in [0.717, 1.165) is 25.9 Å². The quantitative estimate of drug-likeness (QED) is 0.235. The van der Waals surface area contributed by atoms with Crippen LogP contribution in [0.5, 0.6) is 0 Å². The fourth-order valence-corrected chi connectivity index (χ4v) is 6.77. The summed E-state index contributed by atoms with van der Waals surface area (Å²) in [5, 5.41) is 0. The van der Waals surface area contributed by atoms with Crippen LogP contribution in [0.1, 0.15) is 100.0 Å². The first-order valence-corrected chi connectivity index (χ1v) is 17.3. The third kappa shape index (κ3) is 8.06. The maximum Gasteiger partial charge on any atom is 0.314 e. The molecule has 44 heavy (non-hydrogen) atoms. The van der Waals surface area contributed by atoms with E-state index < -0.39 is 11.7 Å². The Balaban J connectivity index is 1.26. The molecule has 0 aromatic heterocycles. The van der Waals surface area contributed by atoms with Crippen molar-refractivity contribution in [3.63, 3.8) is 0 Å². The Hall–Kier alpha value is -1.51. The van der Waals surface area contributed by atoms with Crippen LogP contribution in [-0.4, -0.2) is 56.9 Å². The van der Waals surface area contributed by atoms with Gasteiger partial charge in [0.05, 0.1) is 37.4 Å². The van der Waals surface area contributed by atoms with Gasteiger partial charge in [-0.15, -0.1) is 0 Å². The fourth-order valence-electron chi connectivity index (χ4n) is 6.77. The molecule has 0 amide bonds. The van der Waals surface area contributed by atoms with Crippen LogP contribution in [0.2, 0.25) is 0 Å². The number of carbonyl (C=O) groups excluding carboxylic acids is 1. The van der Waals surface area contributed by atoms with Crippen molar-refractivity contribution in [1.29, 1.82) is 0 Å². The highest BCUT2D eigenvalue weighted by molar-refractivity contribution is 5.76. The van der Waals surface area contributed by atoms with Crippen molar-refractivity contribution in [2.75, 3.05) is 19.8 Å². The van der Waals surface area contributed by atoms with Crippen molar-refractivity contribution in [3.05, 3.63) is 35.9 Å². The summed E-state index contributed by atoms with van der Waals surface area (Å²) in [6.45, 7) is 23.3. The second-order valence-corrected chi connectivity index (χ2v) is 14.8. The molecule has 4 rings (SSSR count). The van der Waals surface area contributed by atoms with Gasteiger partial charge in [-0.05, 0) is 61.3 Å². The molecule has 0 bridgehead atoms. The van der Waals surface area contributed by atoms with Crippen molar-refractivity contribution in [1.82, 2.24) is 0 Å². The molecule has 7 nitrogen and oxygen atoms in total. The summed E-state index contributed by atoms with van der Waals surface area (Å²) in [7, 11) is 0. The van der Waals surface area contributed by atoms with E-state index in [2.05, 4.69) is 86.6 Å². The smallest absolute Gasteiger partial charge is 0.314 e. The van der Waals surface area contributed by atoms with E-state index in [-0.39, 0.29) is 54.4 Å². The van der Waals surface area contributed by atoms with Gasteiger partial charge in [0.25, 0.3) is 0 Å². The number of hydrogen-bond donors (Lipinski definition) is 0. The Labute approximate surface area is 267 Å². The molecule has 14 atom stereocenters. The Kier molecular flexibility index (Phi) is 12.4. The lowest BCUT2D eigenvalue weighted by Gasteiger charge is -2.46. The van der Waals surface area contributed by atoms with Gasteiger partial charge in [-0.3, -0.25) is 4.79 Å². The zero-order valence-corrected chi connectivity index (χ0v) is 29.0. The topological polar surface area (TPSA) is 72.5 Å². The molecule has 1 aromatic rings. The summed E-state index contributed by atoms with van der Waals surface area (Å²) in [5.41, 5.74) is 0.744. The summed E-state index contributed by atoms with van der Waals surface area (Å²) in [6.07, 6.45) is 1.10. The fraction of sp³-hybridized carbons (Fsp3) is 0.811. The van der Waals surface area contributed by atoms with Crippen molar-refractivity contribution >= 4 is 5.97 Å². The third-order valence-electron chi connectivity index (χ3n) is 11.8. The summed E-state index contributed by atoms with van der Waals surface area (Å²) in [5.74, 6) is 2.15. The largest absolute Gasteiger partial charge is 0.435 e. The van der Waals surface area contributed by atoms with Gasteiger partial charge in [-0.25, -0.2) is 0 Å². The average molecular weight is 617 g/mol. The van der Waals surface area contributed by atoms with Gasteiger partial charge < -0.3 is 28.4 Å². The van der Waals surface area contributed by atoms with E-state index in [0.29, 0.717) is 36.9 Å². The highest BCUT2D eigenvalue weighted by Gasteiger charge is 2.45. The third-order valence-corrected chi connectivity index (χ3v) is 11.8. The highest BCUT2D eigenvalue weighted by Crippen LogP contribution is 2.39. The molecular formula is C37H60O7. The molecule has 3 aliphatic heterocycles. The van der Waals surface area contributed by atoms with Crippen LogP contribution < -0.4 is 0 Å². The lowest BCUT2D eigenvalue weighted by atomic mass is 9.79. The van der Waals surface area contributed by atoms with Crippen molar-refractivity contribution in [2.24, 2.45) is 46.8 Å². The summed E-state index contributed by atoms with van der Waals surface area (Å²) < 4.78 is 37.6. The van der Waals surface area contributed by atoms with Crippen LogP contribution in [-0.2, 0) is 33.2 Å². The predicted octanol–water partition coefficient (Wildman–Crippen LogP) is 7.82. The number of hydrogen-bond acceptors (Lipinski definition) is 7. The first-order valence-electron chi connectivity index (χ1n) is 17.3. The average Bonchev–Trinajstić information content (AvgIpc) is 3.03. The van der Waals surface area contributed by atoms with Crippen LogP contribution in [0.15, 0.2) is 30.3 Å².